The van der Waals surface area contributed by atoms with Gasteiger partial charge in [-0.05, 0) is 40.9 Å². The summed E-state index contributed by atoms with van der Waals surface area (Å²) in [5, 5.41) is 9.16. The number of carbonyl (C=O) groups is 1. The topological polar surface area (TPSA) is 40.5 Å². The highest BCUT2D eigenvalue weighted by Gasteiger charge is 2.27. The van der Waals surface area contributed by atoms with Crippen LogP contribution in [0.2, 0.25) is 0 Å². The van der Waals surface area contributed by atoms with Gasteiger partial charge in [0.2, 0.25) is 0 Å². The molecule has 1 N–H and O–H groups in total. The molecule has 0 saturated heterocycles. The second kappa shape index (κ2) is 6.34. The lowest BCUT2D eigenvalue weighted by Gasteiger charge is -2.28. The first-order chi connectivity index (χ1) is 8.74. The van der Waals surface area contributed by atoms with Gasteiger partial charge in [0.1, 0.15) is 0 Å². The molecule has 0 atom stereocenters. The lowest BCUT2D eigenvalue weighted by molar-refractivity contribution is 0.0637. The fourth-order valence-electron chi connectivity index (χ4n) is 2.56. The summed E-state index contributed by atoms with van der Waals surface area (Å²) in [4.78, 5) is 14.4. The largest absolute Gasteiger partial charge is 0.395 e. The third-order valence-corrected chi connectivity index (χ3v) is 4.16. The molecule has 18 heavy (non-hydrogen) atoms. The monoisotopic (exact) mass is 311 g/mol. The minimum absolute atomic E-state index is 0.0171. The number of hydrogen-bond acceptors (Lipinski definition) is 2. The van der Waals surface area contributed by atoms with Crippen molar-refractivity contribution in [3.8, 4) is 0 Å². The van der Waals surface area contributed by atoms with Gasteiger partial charge in [0.05, 0.1) is 12.2 Å². The van der Waals surface area contributed by atoms with Gasteiger partial charge in [0.25, 0.3) is 5.91 Å². The number of amides is 1. The number of nitrogens with zero attached hydrogens (tertiary/aromatic N) is 1. The molecule has 1 aliphatic rings. The van der Waals surface area contributed by atoms with Gasteiger partial charge in [-0.15, -0.1) is 0 Å². The van der Waals surface area contributed by atoms with Crippen LogP contribution in [0.1, 0.15) is 36.0 Å². The van der Waals surface area contributed by atoms with E-state index in [-0.39, 0.29) is 18.6 Å². The van der Waals surface area contributed by atoms with Gasteiger partial charge in [0, 0.05) is 17.1 Å². The van der Waals surface area contributed by atoms with Crippen molar-refractivity contribution in [1.82, 2.24) is 4.90 Å². The molecule has 1 fully saturated rings. The number of rotatable bonds is 4. The van der Waals surface area contributed by atoms with Gasteiger partial charge >= 0.3 is 0 Å². The summed E-state index contributed by atoms with van der Waals surface area (Å²) in [6.45, 7) is 0.442. The van der Waals surface area contributed by atoms with Crippen molar-refractivity contribution in [3.05, 3.63) is 34.3 Å². The molecule has 0 unspecified atom stereocenters. The summed E-state index contributed by atoms with van der Waals surface area (Å²) in [5.41, 5.74) is 0.679. The molecule has 0 spiro atoms. The Labute approximate surface area is 116 Å². The Kier molecular flexibility index (Phi) is 4.78. The minimum atomic E-state index is 0.0171. The first-order valence-corrected chi connectivity index (χ1v) is 7.19. The first-order valence-electron chi connectivity index (χ1n) is 6.40. The molecule has 1 saturated carbocycles. The summed E-state index contributed by atoms with van der Waals surface area (Å²) in [5.74, 6) is 0.0171. The smallest absolute Gasteiger partial charge is 0.255 e. The highest BCUT2D eigenvalue weighted by molar-refractivity contribution is 9.10. The number of hydrogen-bond donors (Lipinski definition) is 1. The molecule has 1 aliphatic carbocycles. The highest BCUT2D eigenvalue weighted by atomic mass is 79.9. The van der Waals surface area contributed by atoms with E-state index in [2.05, 4.69) is 15.9 Å². The highest BCUT2D eigenvalue weighted by Crippen LogP contribution is 2.26. The zero-order chi connectivity index (χ0) is 13.0. The van der Waals surface area contributed by atoms with Crippen LogP contribution in [0.5, 0.6) is 0 Å². The van der Waals surface area contributed by atoms with Crippen LogP contribution in [0.25, 0.3) is 0 Å². The molecular formula is C14H18BrNO2. The van der Waals surface area contributed by atoms with E-state index < -0.39 is 0 Å². The number of carbonyl (C=O) groups excluding carboxylic acids is 1. The predicted octanol–water partition coefficient (Wildman–Crippen LogP) is 2.83. The number of aliphatic hydroxyl groups excluding tert-OH is 1. The average molecular weight is 312 g/mol. The fourth-order valence-corrected chi connectivity index (χ4v) is 3.02. The standard InChI is InChI=1S/C14H18BrNO2/c15-13-8-4-3-7-12(13)14(18)16(9-10-17)11-5-1-2-6-11/h3-4,7-8,11,17H,1-2,5-6,9-10H2. The van der Waals surface area contributed by atoms with E-state index in [4.69, 9.17) is 5.11 Å². The van der Waals surface area contributed by atoms with Crippen LogP contribution in [-0.2, 0) is 0 Å². The van der Waals surface area contributed by atoms with E-state index in [9.17, 15) is 4.79 Å². The van der Waals surface area contributed by atoms with E-state index in [0.29, 0.717) is 12.1 Å². The molecule has 0 radical (unpaired) electrons. The molecule has 4 heteroatoms. The number of benzene rings is 1. The maximum atomic E-state index is 12.5. The molecule has 98 valence electrons. The Hall–Kier alpha value is -0.870. The number of aliphatic hydroxyl groups is 1. The van der Waals surface area contributed by atoms with Crippen LogP contribution in [0, 0.1) is 0 Å². The van der Waals surface area contributed by atoms with Gasteiger partial charge < -0.3 is 10.0 Å². The zero-order valence-electron chi connectivity index (χ0n) is 10.3. The van der Waals surface area contributed by atoms with Gasteiger partial charge in [-0.1, -0.05) is 25.0 Å². The van der Waals surface area contributed by atoms with E-state index in [1.54, 1.807) is 0 Å². The molecule has 1 aromatic carbocycles. The lowest BCUT2D eigenvalue weighted by atomic mass is 10.1. The molecule has 2 rings (SSSR count). The third kappa shape index (κ3) is 2.93. The lowest BCUT2D eigenvalue weighted by Crippen LogP contribution is -2.40. The fraction of sp³-hybridized carbons (Fsp3) is 0.500. The second-order valence-corrected chi connectivity index (χ2v) is 5.49. The van der Waals surface area contributed by atoms with Crippen molar-refractivity contribution < 1.29 is 9.90 Å². The van der Waals surface area contributed by atoms with E-state index in [1.165, 1.54) is 12.8 Å². The predicted molar refractivity (Wildman–Crippen MR) is 74.5 cm³/mol. The van der Waals surface area contributed by atoms with Gasteiger partial charge in [-0.3, -0.25) is 4.79 Å². The summed E-state index contributed by atoms with van der Waals surface area (Å²) < 4.78 is 0.816. The molecule has 0 aromatic heterocycles. The SMILES string of the molecule is O=C(c1ccccc1Br)N(CCO)C1CCCC1. The quantitative estimate of drug-likeness (QED) is 0.929. The van der Waals surface area contributed by atoms with Crippen molar-refractivity contribution in [2.75, 3.05) is 13.2 Å². The molecular weight excluding hydrogens is 294 g/mol. The Morgan fingerprint density at radius 1 is 1.33 bits per heavy atom. The van der Waals surface area contributed by atoms with Crippen LogP contribution >= 0.6 is 15.9 Å². The second-order valence-electron chi connectivity index (χ2n) is 4.64. The minimum Gasteiger partial charge on any atom is -0.395 e. The van der Waals surface area contributed by atoms with E-state index >= 15 is 0 Å². The van der Waals surface area contributed by atoms with Gasteiger partial charge in [-0.25, -0.2) is 0 Å². The third-order valence-electron chi connectivity index (χ3n) is 3.47. The number of halogens is 1. The zero-order valence-corrected chi connectivity index (χ0v) is 11.9. The van der Waals surface area contributed by atoms with Crippen LogP contribution in [0.15, 0.2) is 28.7 Å². The van der Waals surface area contributed by atoms with Crippen molar-refractivity contribution in [3.63, 3.8) is 0 Å². The van der Waals surface area contributed by atoms with Gasteiger partial charge in [-0.2, -0.15) is 0 Å². The van der Waals surface area contributed by atoms with Crippen molar-refractivity contribution in [2.24, 2.45) is 0 Å². The average Bonchev–Trinajstić information content (AvgIpc) is 2.89. The molecule has 0 aliphatic heterocycles. The summed E-state index contributed by atoms with van der Waals surface area (Å²) in [6.07, 6.45) is 4.46. The Morgan fingerprint density at radius 3 is 2.61 bits per heavy atom. The molecule has 1 aromatic rings. The summed E-state index contributed by atoms with van der Waals surface area (Å²) >= 11 is 3.41. The van der Waals surface area contributed by atoms with Crippen LogP contribution in [0.4, 0.5) is 0 Å². The first kappa shape index (κ1) is 13.6. The maximum absolute atomic E-state index is 12.5. The van der Waals surface area contributed by atoms with Crippen molar-refractivity contribution in [2.45, 2.75) is 31.7 Å². The van der Waals surface area contributed by atoms with E-state index in [1.807, 2.05) is 29.2 Å². The van der Waals surface area contributed by atoms with Crippen LogP contribution < -0.4 is 0 Å². The molecule has 0 heterocycles. The van der Waals surface area contributed by atoms with Gasteiger partial charge in [0.15, 0.2) is 0 Å². The normalized spacial score (nSPS) is 15.9. The maximum Gasteiger partial charge on any atom is 0.255 e. The molecule has 1 amide bonds. The Bertz CT molecular complexity index is 416. The van der Waals surface area contributed by atoms with Crippen LogP contribution in [-0.4, -0.2) is 35.1 Å². The summed E-state index contributed by atoms with van der Waals surface area (Å²) in [6, 6.07) is 7.75. The Balaban J connectivity index is 2.20. The molecule has 0 bridgehead atoms. The summed E-state index contributed by atoms with van der Waals surface area (Å²) in [7, 11) is 0. The molecule has 3 nitrogen and oxygen atoms in total. The van der Waals surface area contributed by atoms with Crippen molar-refractivity contribution in [1.29, 1.82) is 0 Å². The Morgan fingerprint density at radius 2 is 2.00 bits per heavy atom. The van der Waals surface area contributed by atoms with Crippen LogP contribution in [0.3, 0.4) is 0 Å². The van der Waals surface area contributed by atoms with E-state index in [0.717, 1.165) is 17.3 Å². The van der Waals surface area contributed by atoms with Crippen molar-refractivity contribution >= 4 is 21.8 Å².